The van der Waals surface area contributed by atoms with E-state index in [1.165, 1.54) is 12.1 Å². The molecule has 0 amide bonds. The van der Waals surface area contributed by atoms with Crippen molar-refractivity contribution in [1.82, 2.24) is 9.97 Å². The zero-order valence-corrected chi connectivity index (χ0v) is 15.8. The molecule has 0 saturated carbocycles. The van der Waals surface area contributed by atoms with E-state index in [0.717, 1.165) is 35.3 Å². The standard InChI is InChI=1S/C22H21FN4O/c1-13-10-14(2)12-17(11-13)24-21-20-18(4-3-5-19(20)28)26-22(27-21)25-16-8-6-15(23)7-9-16/h6-12H,3-5H2,1-2H3,(H2,24,25,26,27). The van der Waals surface area contributed by atoms with Crippen LogP contribution in [-0.2, 0) is 6.42 Å². The first-order chi connectivity index (χ1) is 13.5. The van der Waals surface area contributed by atoms with Gasteiger partial charge in [0.2, 0.25) is 5.95 Å². The summed E-state index contributed by atoms with van der Waals surface area (Å²) in [6.45, 7) is 4.06. The van der Waals surface area contributed by atoms with Gasteiger partial charge in [0.25, 0.3) is 0 Å². The van der Waals surface area contributed by atoms with Crippen LogP contribution in [0.25, 0.3) is 0 Å². The first-order valence-electron chi connectivity index (χ1n) is 9.30. The SMILES string of the molecule is Cc1cc(C)cc(Nc2nc(Nc3ccc(F)cc3)nc3c2C(=O)CCC3)c1. The molecule has 0 spiro atoms. The van der Waals surface area contributed by atoms with E-state index in [4.69, 9.17) is 0 Å². The fourth-order valence-corrected chi connectivity index (χ4v) is 3.51. The highest BCUT2D eigenvalue weighted by Gasteiger charge is 2.24. The number of nitrogens with one attached hydrogen (secondary N) is 2. The summed E-state index contributed by atoms with van der Waals surface area (Å²) < 4.78 is 13.2. The molecule has 0 atom stereocenters. The summed E-state index contributed by atoms with van der Waals surface area (Å²) in [5.74, 6) is 0.636. The van der Waals surface area contributed by atoms with Gasteiger partial charge in [-0.2, -0.15) is 4.98 Å². The summed E-state index contributed by atoms with van der Waals surface area (Å²) in [4.78, 5) is 21.7. The van der Waals surface area contributed by atoms with Crippen LogP contribution in [-0.4, -0.2) is 15.8 Å². The van der Waals surface area contributed by atoms with E-state index in [0.29, 0.717) is 29.4 Å². The molecule has 0 saturated heterocycles. The van der Waals surface area contributed by atoms with Gasteiger partial charge >= 0.3 is 0 Å². The second-order valence-corrected chi connectivity index (χ2v) is 7.13. The molecule has 6 heteroatoms. The Morgan fingerprint density at radius 2 is 1.61 bits per heavy atom. The monoisotopic (exact) mass is 376 g/mol. The summed E-state index contributed by atoms with van der Waals surface area (Å²) in [5.41, 5.74) is 5.12. The van der Waals surface area contributed by atoms with Gasteiger partial charge in [-0.1, -0.05) is 6.07 Å². The van der Waals surface area contributed by atoms with Crippen molar-refractivity contribution < 1.29 is 9.18 Å². The van der Waals surface area contributed by atoms with Crippen molar-refractivity contribution >= 4 is 28.9 Å². The topological polar surface area (TPSA) is 66.9 Å². The minimum Gasteiger partial charge on any atom is -0.339 e. The maximum Gasteiger partial charge on any atom is 0.229 e. The molecule has 2 N–H and O–H groups in total. The number of rotatable bonds is 4. The first-order valence-corrected chi connectivity index (χ1v) is 9.30. The van der Waals surface area contributed by atoms with Gasteiger partial charge in [-0.3, -0.25) is 4.79 Å². The van der Waals surface area contributed by atoms with Gasteiger partial charge in [-0.25, -0.2) is 9.37 Å². The van der Waals surface area contributed by atoms with Crippen LogP contribution in [0.15, 0.2) is 42.5 Å². The minimum atomic E-state index is -0.306. The van der Waals surface area contributed by atoms with Crippen LogP contribution in [0.2, 0.25) is 0 Å². The molecule has 2 aromatic carbocycles. The Hall–Kier alpha value is -3.28. The third-order valence-corrected chi connectivity index (χ3v) is 4.66. The van der Waals surface area contributed by atoms with Crippen LogP contribution in [0.5, 0.6) is 0 Å². The number of nitrogens with zero attached hydrogens (tertiary/aromatic N) is 2. The van der Waals surface area contributed by atoms with Crippen molar-refractivity contribution in [2.24, 2.45) is 0 Å². The van der Waals surface area contributed by atoms with Crippen LogP contribution in [0, 0.1) is 19.7 Å². The molecule has 4 rings (SSSR count). The third-order valence-electron chi connectivity index (χ3n) is 4.66. The molecule has 1 aliphatic rings. The number of Topliss-reactive ketones (excluding diaryl/α,β-unsaturated/α-hetero) is 1. The van der Waals surface area contributed by atoms with Crippen molar-refractivity contribution in [3.05, 3.63) is 70.7 Å². The maximum absolute atomic E-state index is 13.2. The molecule has 0 aliphatic heterocycles. The number of hydrogen-bond donors (Lipinski definition) is 2. The summed E-state index contributed by atoms with van der Waals surface area (Å²) in [7, 11) is 0. The van der Waals surface area contributed by atoms with Crippen molar-refractivity contribution in [2.45, 2.75) is 33.1 Å². The van der Waals surface area contributed by atoms with E-state index in [-0.39, 0.29) is 11.6 Å². The molecule has 1 heterocycles. The lowest BCUT2D eigenvalue weighted by molar-refractivity contribution is 0.0972. The summed E-state index contributed by atoms with van der Waals surface area (Å²) >= 11 is 0. The van der Waals surface area contributed by atoms with E-state index in [9.17, 15) is 9.18 Å². The number of fused-ring (bicyclic) bond motifs is 1. The molecule has 0 unspecified atom stereocenters. The number of aryl methyl sites for hydroxylation is 3. The van der Waals surface area contributed by atoms with Gasteiger partial charge < -0.3 is 10.6 Å². The van der Waals surface area contributed by atoms with Crippen LogP contribution < -0.4 is 10.6 Å². The van der Waals surface area contributed by atoms with E-state index < -0.39 is 0 Å². The van der Waals surface area contributed by atoms with Gasteiger partial charge in [-0.15, -0.1) is 0 Å². The number of carbonyl (C=O) groups excluding carboxylic acids is 1. The second-order valence-electron chi connectivity index (χ2n) is 7.13. The predicted molar refractivity (Wildman–Crippen MR) is 108 cm³/mol. The van der Waals surface area contributed by atoms with E-state index in [1.54, 1.807) is 12.1 Å². The average molecular weight is 376 g/mol. The van der Waals surface area contributed by atoms with Crippen molar-refractivity contribution in [2.75, 3.05) is 10.6 Å². The molecule has 28 heavy (non-hydrogen) atoms. The lowest BCUT2D eigenvalue weighted by atomic mass is 9.95. The number of ketones is 1. The molecule has 3 aromatic rings. The summed E-state index contributed by atoms with van der Waals surface area (Å²) in [6.07, 6.45) is 2.01. The molecule has 142 valence electrons. The number of benzene rings is 2. The molecule has 5 nitrogen and oxygen atoms in total. The first kappa shape index (κ1) is 18.1. The summed E-state index contributed by atoms with van der Waals surface area (Å²) in [6, 6.07) is 12.1. The number of aromatic nitrogens is 2. The molecule has 1 aliphatic carbocycles. The fraction of sp³-hybridized carbons (Fsp3) is 0.227. The smallest absolute Gasteiger partial charge is 0.229 e. The number of carbonyl (C=O) groups is 1. The highest BCUT2D eigenvalue weighted by atomic mass is 19.1. The third kappa shape index (κ3) is 3.86. The van der Waals surface area contributed by atoms with Crippen LogP contribution in [0.1, 0.15) is 40.0 Å². The Morgan fingerprint density at radius 1 is 0.893 bits per heavy atom. The highest BCUT2D eigenvalue weighted by Crippen LogP contribution is 2.30. The Balaban J connectivity index is 1.74. The molecule has 0 radical (unpaired) electrons. The number of halogens is 1. The van der Waals surface area contributed by atoms with Gasteiger partial charge in [0, 0.05) is 17.8 Å². The quantitative estimate of drug-likeness (QED) is 0.652. The minimum absolute atomic E-state index is 0.0569. The second kappa shape index (κ2) is 7.38. The van der Waals surface area contributed by atoms with Crippen molar-refractivity contribution in [3.8, 4) is 0 Å². The van der Waals surface area contributed by atoms with Crippen LogP contribution in [0.4, 0.5) is 27.5 Å². The van der Waals surface area contributed by atoms with Gasteiger partial charge in [0.1, 0.15) is 11.6 Å². The Kier molecular flexibility index (Phi) is 4.77. The van der Waals surface area contributed by atoms with E-state index >= 15 is 0 Å². The lowest BCUT2D eigenvalue weighted by Crippen LogP contribution is -2.18. The molecule has 0 bridgehead atoms. The lowest BCUT2D eigenvalue weighted by Gasteiger charge is -2.19. The van der Waals surface area contributed by atoms with Crippen molar-refractivity contribution in [3.63, 3.8) is 0 Å². The zero-order chi connectivity index (χ0) is 19.7. The average Bonchev–Trinajstić information content (AvgIpc) is 2.63. The predicted octanol–water partition coefficient (Wildman–Crippen LogP) is 5.24. The summed E-state index contributed by atoms with van der Waals surface area (Å²) in [5, 5.41) is 6.41. The maximum atomic E-state index is 13.2. The fourth-order valence-electron chi connectivity index (χ4n) is 3.51. The van der Waals surface area contributed by atoms with E-state index in [1.807, 2.05) is 26.0 Å². The molecule has 1 aromatic heterocycles. The normalized spacial score (nSPS) is 13.2. The molecular weight excluding hydrogens is 355 g/mol. The van der Waals surface area contributed by atoms with Gasteiger partial charge in [-0.05, 0) is 74.2 Å². The van der Waals surface area contributed by atoms with Crippen LogP contribution >= 0.6 is 0 Å². The molecular formula is C22H21FN4O. The van der Waals surface area contributed by atoms with Gasteiger partial charge in [0.15, 0.2) is 5.78 Å². The van der Waals surface area contributed by atoms with E-state index in [2.05, 4.69) is 26.7 Å². The number of hydrogen-bond acceptors (Lipinski definition) is 5. The van der Waals surface area contributed by atoms with Gasteiger partial charge in [0.05, 0.1) is 11.3 Å². The largest absolute Gasteiger partial charge is 0.339 e. The van der Waals surface area contributed by atoms with Crippen LogP contribution in [0.3, 0.4) is 0 Å². The van der Waals surface area contributed by atoms with Crippen molar-refractivity contribution in [1.29, 1.82) is 0 Å². The Bertz CT molecular complexity index is 1030. The Morgan fingerprint density at radius 3 is 2.32 bits per heavy atom. The molecule has 0 fully saturated rings. The number of anilines is 4. The highest BCUT2D eigenvalue weighted by molar-refractivity contribution is 6.03. The zero-order valence-electron chi connectivity index (χ0n) is 15.8. The Labute approximate surface area is 163 Å².